The third kappa shape index (κ3) is 2.43. The van der Waals surface area contributed by atoms with Gasteiger partial charge in [0.2, 0.25) is 0 Å². The minimum atomic E-state index is -4.49. The Hall–Kier alpha value is -1.69. The van der Waals surface area contributed by atoms with Gasteiger partial charge in [-0.15, -0.1) is 0 Å². The molecule has 1 aromatic carbocycles. The molecular formula is C12H7F4NS. The fraction of sp³-hybridized carbons (Fsp3) is 0.0833. The molecule has 6 heteroatoms. The fourth-order valence-electron chi connectivity index (χ4n) is 1.59. The van der Waals surface area contributed by atoms with Gasteiger partial charge in [0.1, 0.15) is 4.64 Å². The van der Waals surface area contributed by atoms with Crippen LogP contribution >= 0.6 is 12.2 Å². The number of benzene rings is 1. The summed E-state index contributed by atoms with van der Waals surface area (Å²) in [6.07, 6.45) is -3.23. The second kappa shape index (κ2) is 4.53. The molecule has 18 heavy (non-hydrogen) atoms. The van der Waals surface area contributed by atoms with E-state index in [-0.39, 0.29) is 15.8 Å². The molecule has 2 aromatic rings. The maximum Gasteiger partial charge on any atom is 0.417 e. The molecule has 2 rings (SSSR count). The Balaban J connectivity index is 2.64. The molecule has 0 saturated heterocycles. The van der Waals surface area contributed by atoms with Crippen molar-refractivity contribution in [1.29, 1.82) is 0 Å². The highest BCUT2D eigenvalue weighted by Crippen LogP contribution is 2.36. The highest BCUT2D eigenvalue weighted by molar-refractivity contribution is 7.71. The van der Waals surface area contributed by atoms with Crippen LogP contribution in [0.2, 0.25) is 0 Å². The minimum absolute atomic E-state index is 0.0878. The van der Waals surface area contributed by atoms with E-state index in [9.17, 15) is 17.6 Å². The van der Waals surface area contributed by atoms with E-state index in [1.165, 1.54) is 24.4 Å². The van der Waals surface area contributed by atoms with E-state index in [1.807, 2.05) is 0 Å². The second-order valence-electron chi connectivity index (χ2n) is 3.61. The summed E-state index contributed by atoms with van der Waals surface area (Å²) in [5.74, 6) is -0.750. The monoisotopic (exact) mass is 273 g/mol. The third-order valence-corrected chi connectivity index (χ3v) is 2.71. The Morgan fingerprint density at radius 3 is 2.39 bits per heavy atom. The van der Waals surface area contributed by atoms with Gasteiger partial charge in [0.25, 0.3) is 0 Å². The van der Waals surface area contributed by atoms with Gasteiger partial charge in [-0.2, -0.15) is 13.2 Å². The fourth-order valence-corrected chi connectivity index (χ4v) is 1.71. The normalized spacial score (nSPS) is 11.6. The molecule has 94 valence electrons. The molecule has 0 saturated carbocycles. The molecule has 1 aromatic heterocycles. The number of aromatic amines is 1. The van der Waals surface area contributed by atoms with Crippen LogP contribution in [0.3, 0.4) is 0 Å². The van der Waals surface area contributed by atoms with Crippen LogP contribution in [0.1, 0.15) is 5.56 Å². The Morgan fingerprint density at radius 2 is 1.78 bits per heavy atom. The Kier molecular flexibility index (Phi) is 3.21. The average Bonchev–Trinajstić information content (AvgIpc) is 2.32. The first-order chi connectivity index (χ1) is 8.39. The molecule has 0 unspecified atom stereocenters. The zero-order valence-electron chi connectivity index (χ0n) is 8.88. The van der Waals surface area contributed by atoms with Crippen LogP contribution in [-0.4, -0.2) is 4.98 Å². The molecule has 0 atom stereocenters. The average molecular weight is 273 g/mol. The van der Waals surface area contributed by atoms with Crippen molar-refractivity contribution in [3.8, 4) is 11.1 Å². The van der Waals surface area contributed by atoms with Crippen molar-refractivity contribution in [2.45, 2.75) is 6.18 Å². The van der Waals surface area contributed by atoms with Crippen molar-refractivity contribution < 1.29 is 17.6 Å². The van der Waals surface area contributed by atoms with Gasteiger partial charge in [-0.05, 0) is 17.7 Å². The predicted molar refractivity (Wildman–Crippen MR) is 62.0 cm³/mol. The summed E-state index contributed by atoms with van der Waals surface area (Å²) >= 11 is 4.62. The van der Waals surface area contributed by atoms with Crippen molar-refractivity contribution >= 4 is 12.2 Å². The summed E-state index contributed by atoms with van der Waals surface area (Å²) < 4.78 is 51.5. The van der Waals surface area contributed by atoms with E-state index in [0.29, 0.717) is 0 Å². The smallest absolute Gasteiger partial charge is 0.350 e. The van der Waals surface area contributed by atoms with Gasteiger partial charge in [0.05, 0.1) is 5.56 Å². The number of pyridine rings is 1. The van der Waals surface area contributed by atoms with Crippen molar-refractivity contribution in [2.75, 3.05) is 0 Å². The lowest BCUT2D eigenvalue weighted by molar-refractivity contribution is -0.137. The van der Waals surface area contributed by atoms with E-state index in [4.69, 9.17) is 0 Å². The molecule has 0 aliphatic rings. The second-order valence-corrected chi connectivity index (χ2v) is 4.02. The predicted octanol–water partition coefficient (Wildman–Crippen LogP) is 4.57. The summed E-state index contributed by atoms with van der Waals surface area (Å²) in [6, 6.07) is 5.98. The summed E-state index contributed by atoms with van der Waals surface area (Å²) in [6.45, 7) is 0. The summed E-state index contributed by atoms with van der Waals surface area (Å²) in [5, 5.41) is 0. The van der Waals surface area contributed by atoms with Gasteiger partial charge in [0.15, 0.2) is 5.82 Å². The Labute approximate surface area is 105 Å². The van der Waals surface area contributed by atoms with Crippen LogP contribution in [0, 0.1) is 10.5 Å². The summed E-state index contributed by atoms with van der Waals surface area (Å²) in [7, 11) is 0. The molecule has 0 aliphatic carbocycles. The number of H-pyrrole nitrogens is 1. The van der Waals surface area contributed by atoms with Crippen LogP contribution in [0.5, 0.6) is 0 Å². The molecule has 1 heterocycles. The lowest BCUT2D eigenvalue weighted by atomic mass is 10.0. The number of aromatic nitrogens is 1. The molecule has 1 N–H and O–H groups in total. The number of rotatable bonds is 1. The van der Waals surface area contributed by atoms with Crippen LogP contribution in [-0.2, 0) is 6.18 Å². The first kappa shape index (κ1) is 12.8. The highest BCUT2D eigenvalue weighted by Gasteiger charge is 2.33. The van der Waals surface area contributed by atoms with Crippen molar-refractivity contribution in [3.05, 3.63) is 52.5 Å². The van der Waals surface area contributed by atoms with Gasteiger partial charge < -0.3 is 4.98 Å². The van der Waals surface area contributed by atoms with Gasteiger partial charge in [-0.3, -0.25) is 0 Å². The lowest BCUT2D eigenvalue weighted by Gasteiger charge is -2.12. The van der Waals surface area contributed by atoms with Crippen LogP contribution in [0.25, 0.3) is 11.1 Å². The molecule has 0 spiro atoms. The topological polar surface area (TPSA) is 15.8 Å². The maximum atomic E-state index is 13.3. The highest BCUT2D eigenvalue weighted by atomic mass is 32.1. The van der Waals surface area contributed by atoms with E-state index in [1.54, 1.807) is 0 Å². The number of nitrogens with one attached hydrogen (secondary N) is 1. The molecular weight excluding hydrogens is 266 g/mol. The van der Waals surface area contributed by atoms with Gasteiger partial charge in [-0.25, -0.2) is 4.39 Å². The van der Waals surface area contributed by atoms with Crippen molar-refractivity contribution in [1.82, 2.24) is 4.98 Å². The largest absolute Gasteiger partial charge is 0.417 e. The first-order valence-corrected chi connectivity index (χ1v) is 5.35. The van der Waals surface area contributed by atoms with E-state index >= 15 is 0 Å². The molecule has 0 fully saturated rings. The van der Waals surface area contributed by atoms with Crippen molar-refractivity contribution in [2.24, 2.45) is 0 Å². The number of halogens is 4. The summed E-state index contributed by atoms with van der Waals surface area (Å²) in [4.78, 5) is 2.42. The Morgan fingerprint density at radius 1 is 1.11 bits per heavy atom. The van der Waals surface area contributed by atoms with Gasteiger partial charge in [-0.1, -0.05) is 30.4 Å². The third-order valence-electron chi connectivity index (χ3n) is 2.40. The van der Waals surface area contributed by atoms with E-state index in [2.05, 4.69) is 17.2 Å². The summed E-state index contributed by atoms with van der Waals surface area (Å²) in [5.41, 5.74) is -0.793. The molecule has 0 aliphatic heterocycles. The standard InChI is InChI=1S/C12H7F4NS/c13-10-5-7(6-17-11(10)18)8-3-1-2-4-9(8)12(14,15)16/h1-6H,(H,17,18). The van der Waals surface area contributed by atoms with E-state index < -0.39 is 17.6 Å². The number of alkyl halides is 3. The quantitative estimate of drug-likeness (QED) is 0.594. The lowest BCUT2D eigenvalue weighted by Crippen LogP contribution is -2.07. The van der Waals surface area contributed by atoms with E-state index in [0.717, 1.165) is 12.1 Å². The van der Waals surface area contributed by atoms with Gasteiger partial charge >= 0.3 is 6.18 Å². The first-order valence-electron chi connectivity index (χ1n) is 4.94. The van der Waals surface area contributed by atoms with Crippen LogP contribution in [0.15, 0.2) is 36.5 Å². The number of hydrogen-bond donors (Lipinski definition) is 1. The Bertz CT molecular complexity index is 630. The molecule has 0 bridgehead atoms. The maximum absolute atomic E-state index is 13.3. The number of hydrogen-bond acceptors (Lipinski definition) is 1. The van der Waals surface area contributed by atoms with Crippen LogP contribution in [0.4, 0.5) is 17.6 Å². The zero-order valence-corrected chi connectivity index (χ0v) is 9.70. The van der Waals surface area contributed by atoms with Gasteiger partial charge in [0, 0.05) is 11.8 Å². The minimum Gasteiger partial charge on any atom is -0.350 e. The van der Waals surface area contributed by atoms with Crippen molar-refractivity contribution in [3.63, 3.8) is 0 Å². The molecule has 0 radical (unpaired) electrons. The van der Waals surface area contributed by atoms with Crippen LogP contribution < -0.4 is 0 Å². The zero-order chi connectivity index (χ0) is 13.3. The molecule has 0 amide bonds. The molecule has 1 nitrogen and oxygen atoms in total. The SMILES string of the molecule is Fc1cc(-c2ccccc2C(F)(F)F)c[nH]c1=S.